The zero-order valence-corrected chi connectivity index (χ0v) is 28.0. The number of amides is 1. The van der Waals surface area contributed by atoms with Crippen molar-refractivity contribution in [2.24, 2.45) is 17.8 Å². The molecule has 1 saturated carbocycles. The van der Waals surface area contributed by atoms with Gasteiger partial charge in [0.15, 0.2) is 23.0 Å². The Morgan fingerprint density at radius 2 is 1.51 bits per heavy atom. The third-order valence-corrected chi connectivity index (χ3v) is 9.22. The smallest absolute Gasteiger partial charge is 0.409 e. The van der Waals surface area contributed by atoms with Gasteiger partial charge in [-0.05, 0) is 67.7 Å². The largest absolute Gasteiger partial charge is 0.493 e. The third kappa shape index (κ3) is 8.94. The Morgan fingerprint density at radius 1 is 0.884 bits per heavy atom. The fourth-order valence-electron chi connectivity index (χ4n) is 6.58. The van der Waals surface area contributed by atoms with Crippen LogP contribution < -0.4 is 23.4 Å². The number of ether oxygens (including phenoxy) is 5. The Hall–Kier alpha value is -3.13. The average molecular weight is 600 g/mol. The molecule has 0 bridgehead atoms. The molecule has 0 N–H and O–H groups in total. The van der Waals surface area contributed by atoms with Crippen LogP contribution in [0.25, 0.3) is 0 Å². The molecule has 8 heteroatoms. The molecular weight excluding hydrogens is 544 g/mol. The summed E-state index contributed by atoms with van der Waals surface area (Å²) in [7, 11) is 8.90. The maximum Gasteiger partial charge on any atom is 0.409 e. The number of nitrogens with zero attached hydrogens (tertiary/aromatic N) is 2. The van der Waals surface area contributed by atoms with Crippen molar-refractivity contribution < 1.29 is 28.5 Å². The van der Waals surface area contributed by atoms with E-state index >= 15 is 0 Å². The molecule has 3 rings (SSSR count). The van der Waals surface area contributed by atoms with E-state index in [0.717, 1.165) is 56.0 Å². The Morgan fingerprint density at radius 3 is 2.12 bits per heavy atom. The van der Waals surface area contributed by atoms with Crippen LogP contribution in [0.15, 0.2) is 36.4 Å². The van der Waals surface area contributed by atoms with E-state index in [1.807, 2.05) is 24.0 Å². The van der Waals surface area contributed by atoms with Gasteiger partial charge in [0.1, 0.15) is 5.69 Å². The highest BCUT2D eigenvalue weighted by molar-refractivity contribution is 5.68. The van der Waals surface area contributed by atoms with Crippen LogP contribution in [0.4, 0.5) is 10.5 Å². The normalized spacial score (nSPS) is 19.8. The van der Waals surface area contributed by atoms with Crippen molar-refractivity contribution in [3.05, 3.63) is 42.0 Å². The molecule has 0 saturated heterocycles. The highest BCUT2D eigenvalue weighted by Gasteiger charge is 2.35. The molecule has 0 aromatic heterocycles. The lowest BCUT2D eigenvalue weighted by atomic mass is 9.74. The first-order chi connectivity index (χ1) is 20.6. The fraction of sp³-hybridized carbons (Fsp3) is 0.629. The van der Waals surface area contributed by atoms with E-state index in [1.54, 1.807) is 28.4 Å². The number of likely N-dealkylation sites (N-methyl/N-ethyl adjacent to an activating group) is 1. The molecule has 1 aliphatic rings. The van der Waals surface area contributed by atoms with Gasteiger partial charge in [-0.25, -0.2) is 4.79 Å². The van der Waals surface area contributed by atoms with Crippen molar-refractivity contribution in [1.82, 2.24) is 9.38 Å². The van der Waals surface area contributed by atoms with Gasteiger partial charge >= 0.3 is 6.09 Å². The minimum atomic E-state index is -0.185. The van der Waals surface area contributed by atoms with Crippen molar-refractivity contribution in [1.29, 1.82) is 0 Å². The molecule has 0 spiro atoms. The fourth-order valence-corrected chi connectivity index (χ4v) is 6.58. The number of quaternary nitrogens is 1. The van der Waals surface area contributed by atoms with Gasteiger partial charge in [-0.15, -0.1) is 0 Å². The zero-order valence-electron chi connectivity index (χ0n) is 28.0. The zero-order chi connectivity index (χ0) is 31.6. The molecule has 2 aromatic carbocycles. The summed E-state index contributed by atoms with van der Waals surface area (Å²) in [6.07, 6.45) is 4.80. The number of hydrogen-bond acceptors (Lipinski definition) is 6. The number of carbonyl (C=O) groups is 1. The monoisotopic (exact) mass is 599 g/mol. The lowest BCUT2D eigenvalue weighted by Crippen LogP contribution is -2.50. The summed E-state index contributed by atoms with van der Waals surface area (Å²) >= 11 is 0. The number of benzene rings is 2. The van der Waals surface area contributed by atoms with Gasteiger partial charge in [0.25, 0.3) is 0 Å². The van der Waals surface area contributed by atoms with E-state index in [2.05, 4.69) is 52.1 Å². The van der Waals surface area contributed by atoms with E-state index < -0.39 is 0 Å². The van der Waals surface area contributed by atoms with Crippen LogP contribution in [0.2, 0.25) is 0 Å². The molecule has 240 valence electrons. The van der Waals surface area contributed by atoms with E-state index in [4.69, 9.17) is 23.7 Å². The minimum Gasteiger partial charge on any atom is -0.493 e. The van der Waals surface area contributed by atoms with E-state index in [1.165, 1.54) is 12.0 Å². The molecule has 1 aliphatic carbocycles. The average Bonchev–Trinajstić information content (AvgIpc) is 3.01. The Balaban J connectivity index is 1.86. The van der Waals surface area contributed by atoms with Gasteiger partial charge < -0.3 is 28.6 Å². The molecule has 1 fully saturated rings. The summed E-state index contributed by atoms with van der Waals surface area (Å²) in [5.41, 5.74) is 2.30. The summed E-state index contributed by atoms with van der Waals surface area (Å²) < 4.78 is 28.5. The topological polar surface area (TPSA) is 66.5 Å². The molecule has 4 unspecified atom stereocenters. The first-order valence-corrected chi connectivity index (χ1v) is 15.8. The summed E-state index contributed by atoms with van der Waals surface area (Å²) in [6.45, 7) is 11.6. The van der Waals surface area contributed by atoms with Gasteiger partial charge in [-0.1, -0.05) is 26.8 Å². The van der Waals surface area contributed by atoms with Gasteiger partial charge in [0.2, 0.25) is 0 Å². The van der Waals surface area contributed by atoms with E-state index in [-0.39, 0.29) is 12.1 Å². The molecule has 1 amide bonds. The Bertz CT molecular complexity index is 1170. The third-order valence-electron chi connectivity index (χ3n) is 9.22. The van der Waals surface area contributed by atoms with Crippen molar-refractivity contribution in [2.45, 2.75) is 65.8 Å². The van der Waals surface area contributed by atoms with Gasteiger partial charge in [-0.2, -0.15) is 0 Å². The number of carbonyl (C=O) groups excluding carboxylic acids is 1. The van der Waals surface area contributed by atoms with Crippen molar-refractivity contribution in [3.8, 4) is 23.0 Å². The molecule has 8 nitrogen and oxygen atoms in total. The minimum absolute atomic E-state index is 0.185. The Kier molecular flexibility index (Phi) is 12.9. The maximum absolute atomic E-state index is 13.3. The van der Waals surface area contributed by atoms with Crippen LogP contribution in [-0.4, -0.2) is 78.8 Å². The molecule has 4 atom stereocenters. The van der Waals surface area contributed by atoms with Crippen LogP contribution >= 0.6 is 0 Å². The quantitative estimate of drug-likeness (QED) is 0.202. The summed E-state index contributed by atoms with van der Waals surface area (Å²) in [5.74, 6) is 4.69. The van der Waals surface area contributed by atoms with Gasteiger partial charge in [-0.3, -0.25) is 4.48 Å². The summed E-state index contributed by atoms with van der Waals surface area (Å²) in [4.78, 5) is 15.3. The summed E-state index contributed by atoms with van der Waals surface area (Å²) in [6, 6.07) is 12.5. The molecule has 0 aliphatic heterocycles. The van der Waals surface area contributed by atoms with Crippen molar-refractivity contribution in [3.63, 3.8) is 0 Å². The van der Waals surface area contributed by atoms with Crippen LogP contribution in [0.5, 0.6) is 23.0 Å². The van der Waals surface area contributed by atoms with Gasteiger partial charge in [0.05, 0.1) is 55.2 Å². The Labute approximate surface area is 259 Å². The first kappa shape index (κ1) is 34.4. The molecule has 2 aromatic rings. The van der Waals surface area contributed by atoms with Crippen LogP contribution in [0, 0.1) is 17.8 Å². The van der Waals surface area contributed by atoms with Crippen molar-refractivity contribution in [2.75, 3.05) is 61.7 Å². The number of hydrogen-bond donors (Lipinski definition) is 0. The predicted octanol–water partition coefficient (Wildman–Crippen LogP) is 7.21. The van der Waals surface area contributed by atoms with E-state index in [9.17, 15) is 4.79 Å². The van der Waals surface area contributed by atoms with E-state index in [0.29, 0.717) is 46.9 Å². The predicted molar refractivity (Wildman–Crippen MR) is 174 cm³/mol. The molecule has 43 heavy (non-hydrogen) atoms. The lowest BCUT2D eigenvalue weighted by molar-refractivity contribution is 0.0561. The number of rotatable bonds is 15. The highest BCUT2D eigenvalue weighted by atomic mass is 16.6. The standard InChI is InChI=1S/C35H55N2O6/c1-10-43-35(38)36(29-21-26(4)20-28(23-29)25(2)3)17-11-18-37(5,30-13-15-32(40-7)34(24-30)42-9)19-16-27-12-14-31(39-6)33(22-27)41-8/h12-15,22,24-26,28-29H,10-11,16-21,23H2,1-9H3/q+1. The summed E-state index contributed by atoms with van der Waals surface area (Å²) in [5, 5.41) is 0. The van der Waals surface area contributed by atoms with Crippen LogP contribution in [-0.2, 0) is 11.2 Å². The van der Waals surface area contributed by atoms with Gasteiger partial charge in [0, 0.05) is 37.6 Å². The SMILES string of the molecule is CCOC(=O)N(CCC[N+](C)(CCc1ccc(OC)c(OC)c1)c1ccc(OC)c(OC)c1)C1CC(C)CC(C(C)C)C1. The number of methoxy groups -OCH3 is 4. The van der Waals surface area contributed by atoms with Crippen LogP contribution in [0.1, 0.15) is 58.9 Å². The van der Waals surface area contributed by atoms with Crippen LogP contribution in [0.3, 0.4) is 0 Å². The molecular formula is C35H55N2O6+. The first-order valence-electron chi connectivity index (χ1n) is 15.8. The lowest BCUT2D eigenvalue weighted by Gasteiger charge is -2.41. The van der Waals surface area contributed by atoms with Crippen molar-refractivity contribution >= 4 is 11.8 Å². The second-order valence-electron chi connectivity index (χ2n) is 12.5. The highest BCUT2D eigenvalue weighted by Crippen LogP contribution is 2.37. The molecule has 0 heterocycles. The second-order valence-corrected chi connectivity index (χ2v) is 12.5. The maximum atomic E-state index is 13.3. The second kappa shape index (κ2) is 16.1. The molecule has 0 radical (unpaired) electrons.